The van der Waals surface area contributed by atoms with Gasteiger partial charge in [-0.25, -0.2) is 0 Å². The maximum Gasteiger partial charge on any atom is 0.313 e. The third kappa shape index (κ3) is 9.93. The van der Waals surface area contributed by atoms with E-state index in [0.29, 0.717) is 19.3 Å². The van der Waals surface area contributed by atoms with Crippen LogP contribution in [-0.4, -0.2) is 23.7 Å². The van der Waals surface area contributed by atoms with Crippen molar-refractivity contribution in [2.75, 3.05) is 6.61 Å². The highest BCUT2D eigenvalue weighted by Gasteiger charge is 2.54. The molecule has 1 atom stereocenters. The Kier molecular flexibility index (Phi) is 8.42. The normalized spacial score (nSPS) is 15.3. The molecule has 0 radical (unpaired) electrons. The number of carbonyl (C=O) groups excluding carboxylic acids is 1. The van der Waals surface area contributed by atoms with Crippen molar-refractivity contribution in [3.8, 4) is 0 Å². The van der Waals surface area contributed by atoms with E-state index in [1.54, 1.807) is 0 Å². The monoisotopic (exact) mass is 398 g/mol. The zero-order valence-electron chi connectivity index (χ0n) is 20.6. The van der Waals surface area contributed by atoms with Gasteiger partial charge in [0, 0.05) is 0 Å². The van der Waals surface area contributed by atoms with Crippen LogP contribution in [-0.2, 0) is 14.3 Å². The topological polar surface area (TPSA) is 63.6 Å². The molecule has 0 aromatic heterocycles. The first-order valence-electron chi connectivity index (χ1n) is 10.5. The van der Waals surface area contributed by atoms with Crippen molar-refractivity contribution in [1.82, 2.24) is 0 Å². The number of esters is 1. The van der Waals surface area contributed by atoms with Crippen molar-refractivity contribution in [2.24, 2.45) is 33.0 Å². The van der Waals surface area contributed by atoms with Gasteiger partial charge >= 0.3 is 11.9 Å². The van der Waals surface area contributed by atoms with E-state index in [1.807, 2.05) is 41.5 Å². The number of carbonyl (C=O) groups is 2. The first-order valence-corrected chi connectivity index (χ1v) is 10.5. The number of aliphatic carboxylic acids is 1. The van der Waals surface area contributed by atoms with Gasteiger partial charge in [0.05, 0.1) is 17.9 Å². The predicted octanol–water partition coefficient (Wildman–Crippen LogP) is 6.57. The molecule has 1 unspecified atom stereocenters. The maximum atomic E-state index is 13.6. The quantitative estimate of drug-likeness (QED) is 0.492. The summed E-state index contributed by atoms with van der Waals surface area (Å²) in [6.45, 7) is 24.8. The molecule has 0 saturated carbocycles. The van der Waals surface area contributed by atoms with Gasteiger partial charge < -0.3 is 9.84 Å². The fraction of sp³-hybridized carbons (Fsp3) is 0.917. The molecule has 28 heavy (non-hydrogen) atoms. The number of ether oxygens (including phenoxy) is 1. The van der Waals surface area contributed by atoms with E-state index >= 15 is 0 Å². The van der Waals surface area contributed by atoms with Crippen molar-refractivity contribution < 1.29 is 19.4 Å². The molecule has 0 saturated heterocycles. The lowest BCUT2D eigenvalue weighted by atomic mass is 9.58. The van der Waals surface area contributed by atoms with Gasteiger partial charge in [0.2, 0.25) is 0 Å². The smallest absolute Gasteiger partial charge is 0.313 e. The minimum Gasteiger partial charge on any atom is -0.481 e. The summed E-state index contributed by atoms with van der Waals surface area (Å²) in [7, 11) is 0. The second-order valence-electron chi connectivity index (χ2n) is 13.4. The van der Waals surface area contributed by atoms with Crippen LogP contribution >= 0.6 is 0 Å². The van der Waals surface area contributed by atoms with Gasteiger partial charge in [0.25, 0.3) is 0 Å². The highest BCUT2D eigenvalue weighted by Crippen LogP contribution is 2.51. The van der Waals surface area contributed by atoms with Gasteiger partial charge in [0.15, 0.2) is 0 Å². The van der Waals surface area contributed by atoms with Gasteiger partial charge in [-0.2, -0.15) is 0 Å². The predicted molar refractivity (Wildman–Crippen MR) is 116 cm³/mol. The van der Waals surface area contributed by atoms with Crippen LogP contribution in [0, 0.1) is 33.0 Å². The number of hydrogen-bond donors (Lipinski definition) is 1. The standard InChI is InChI=1S/C24H46O4/c1-20(2,3)13-17(18(25)26)24(14-21(4,5)6,15-22(7,8)9)19(27)28-16-23(10,11)12/h17H,13-16H2,1-12H3,(H,25,26). The van der Waals surface area contributed by atoms with Crippen LogP contribution in [0.1, 0.15) is 102 Å². The van der Waals surface area contributed by atoms with Gasteiger partial charge in [-0.15, -0.1) is 0 Å². The molecule has 0 heterocycles. The van der Waals surface area contributed by atoms with E-state index in [2.05, 4.69) is 41.5 Å². The fourth-order valence-electron chi connectivity index (χ4n) is 4.05. The van der Waals surface area contributed by atoms with Crippen LogP contribution in [0.4, 0.5) is 0 Å². The number of carboxylic acids is 1. The molecule has 0 aliphatic heterocycles. The molecule has 0 aromatic carbocycles. The lowest BCUT2D eigenvalue weighted by Gasteiger charge is -2.45. The minimum atomic E-state index is -1.07. The zero-order chi connectivity index (χ0) is 22.8. The molecule has 0 aromatic rings. The Morgan fingerprint density at radius 2 is 1.11 bits per heavy atom. The summed E-state index contributed by atoms with van der Waals surface area (Å²) in [4.78, 5) is 26.1. The molecule has 0 aliphatic rings. The van der Waals surface area contributed by atoms with Crippen LogP contribution < -0.4 is 0 Å². The summed E-state index contributed by atoms with van der Waals surface area (Å²) in [6, 6.07) is 0. The van der Waals surface area contributed by atoms with Gasteiger partial charge in [-0.3, -0.25) is 9.59 Å². The Balaban J connectivity index is 6.50. The summed E-state index contributed by atoms with van der Waals surface area (Å²) < 4.78 is 5.81. The third-order valence-corrected chi connectivity index (χ3v) is 4.52. The molecular weight excluding hydrogens is 352 g/mol. The van der Waals surface area contributed by atoms with Crippen molar-refractivity contribution in [2.45, 2.75) is 102 Å². The molecule has 0 fully saturated rings. The minimum absolute atomic E-state index is 0.173. The summed E-state index contributed by atoms with van der Waals surface area (Å²) >= 11 is 0. The van der Waals surface area contributed by atoms with Crippen molar-refractivity contribution in [3.05, 3.63) is 0 Å². The Morgan fingerprint density at radius 1 is 0.714 bits per heavy atom. The number of rotatable bonds is 7. The lowest BCUT2D eigenvalue weighted by Crippen LogP contribution is -2.49. The zero-order valence-corrected chi connectivity index (χ0v) is 20.6. The van der Waals surface area contributed by atoms with Crippen molar-refractivity contribution in [3.63, 3.8) is 0 Å². The average Bonchev–Trinajstić information content (AvgIpc) is 2.35. The Bertz CT molecular complexity index is 517. The first kappa shape index (κ1) is 26.9. The first-order chi connectivity index (χ1) is 12.1. The summed E-state index contributed by atoms with van der Waals surface area (Å²) in [5.74, 6) is -2.06. The van der Waals surface area contributed by atoms with Gasteiger partial charge in [-0.05, 0) is 40.9 Å². The molecule has 0 aliphatic carbocycles. The van der Waals surface area contributed by atoms with Crippen LogP contribution in [0.15, 0.2) is 0 Å². The molecule has 0 amide bonds. The molecule has 0 bridgehead atoms. The largest absolute Gasteiger partial charge is 0.481 e. The number of carboxylic acid groups (broad SMARTS) is 1. The third-order valence-electron chi connectivity index (χ3n) is 4.52. The Morgan fingerprint density at radius 3 is 1.36 bits per heavy atom. The van der Waals surface area contributed by atoms with Crippen molar-refractivity contribution >= 4 is 11.9 Å². The van der Waals surface area contributed by atoms with Crippen LogP contribution in [0.3, 0.4) is 0 Å². The van der Waals surface area contributed by atoms with E-state index in [9.17, 15) is 14.7 Å². The van der Waals surface area contributed by atoms with E-state index < -0.39 is 17.3 Å². The van der Waals surface area contributed by atoms with E-state index in [1.165, 1.54) is 0 Å². The molecular formula is C24H46O4. The van der Waals surface area contributed by atoms with Crippen LogP contribution in [0.2, 0.25) is 0 Å². The SMILES string of the molecule is CC(C)(C)COC(=O)C(CC(C)(C)C)(CC(C)(C)C)C(CC(C)(C)C)C(=O)O. The highest BCUT2D eigenvalue weighted by atomic mass is 16.5. The average molecular weight is 399 g/mol. The van der Waals surface area contributed by atoms with Gasteiger partial charge in [0.1, 0.15) is 0 Å². The van der Waals surface area contributed by atoms with E-state index in [4.69, 9.17) is 4.74 Å². The maximum absolute atomic E-state index is 13.6. The Labute approximate surface area is 173 Å². The van der Waals surface area contributed by atoms with Crippen LogP contribution in [0.25, 0.3) is 0 Å². The number of hydrogen-bond acceptors (Lipinski definition) is 3. The van der Waals surface area contributed by atoms with Gasteiger partial charge in [-0.1, -0.05) is 83.1 Å². The molecule has 1 N–H and O–H groups in total. The summed E-state index contributed by atoms with van der Waals surface area (Å²) in [5, 5.41) is 10.2. The highest BCUT2D eigenvalue weighted by molar-refractivity contribution is 5.85. The second kappa shape index (κ2) is 8.75. The van der Waals surface area contributed by atoms with Crippen molar-refractivity contribution in [1.29, 1.82) is 0 Å². The molecule has 0 spiro atoms. The van der Waals surface area contributed by atoms with E-state index in [0.717, 1.165) is 0 Å². The molecule has 4 nitrogen and oxygen atoms in total. The summed E-state index contributed by atoms with van der Waals surface area (Å²) in [5.41, 5.74) is -1.88. The second-order valence-corrected chi connectivity index (χ2v) is 13.4. The summed E-state index contributed by atoms with van der Waals surface area (Å²) in [6.07, 6.45) is 1.39. The van der Waals surface area contributed by atoms with Crippen LogP contribution in [0.5, 0.6) is 0 Å². The fourth-order valence-corrected chi connectivity index (χ4v) is 4.05. The molecule has 0 rings (SSSR count). The lowest BCUT2D eigenvalue weighted by molar-refractivity contribution is -0.177. The Hall–Kier alpha value is -1.06. The molecule has 166 valence electrons. The molecule has 4 heteroatoms. The van der Waals surface area contributed by atoms with E-state index in [-0.39, 0.29) is 34.2 Å².